The Morgan fingerprint density at radius 3 is 2.75 bits per heavy atom. The molecule has 1 heterocycles. The summed E-state index contributed by atoms with van der Waals surface area (Å²) in [6.07, 6.45) is -1.70. The van der Waals surface area contributed by atoms with Crippen molar-refractivity contribution in [2.45, 2.75) is 6.43 Å². The topological polar surface area (TPSA) is 84.2 Å². The summed E-state index contributed by atoms with van der Waals surface area (Å²) in [5.41, 5.74) is -0.581. The van der Waals surface area contributed by atoms with E-state index in [1.165, 1.54) is 7.05 Å². The van der Waals surface area contributed by atoms with Gasteiger partial charge in [0.05, 0.1) is 12.7 Å². The maximum atomic E-state index is 11.8. The Morgan fingerprint density at radius 2 is 2.25 bits per heavy atom. The summed E-state index contributed by atoms with van der Waals surface area (Å²) < 4.78 is 24.7. The maximum Gasteiger partial charge on any atom is 0.339 e. The molecule has 2 N–H and O–H groups in total. The van der Waals surface area contributed by atoms with Crippen LogP contribution in [0.2, 0.25) is 0 Å². The number of aromatic carboxylic acids is 1. The molecule has 0 bridgehead atoms. The highest BCUT2D eigenvalue weighted by atomic mass is 19.3. The number of aryl methyl sites for hydroxylation is 1. The van der Waals surface area contributed by atoms with Crippen molar-refractivity contribution in [3.8, 4) is 0 Å². The Kier molecular flexibility index (Phi) is 3.54. The molecule has 0 unspecified atom stereocenters. The van der Waals surface area contributed by atoms with Gasteiger partial charge in [0.2, 0.25) is 0 Å². The predicted molar refractivity (Wildman–Crippen MR) is 48.5 cm³/mol. The summed E-state index contributed by atoms with van der Waals surface area (Å²) in [4.78, 5) is 22.1. The van der Waals surface area contributed by atoms with Crippen LogP contribution < -0.4 is 5.32 Å². The third-order valence-electron chi connectivity index (χ3n) is 1.80. The monoisotopic (exact) mass is 233 g/mol. The number of alkyl halides is 2. The molecule has 0 aliphatic rings. The molecule has 1 aromatic heterocycles. The molecule has 0 aliphatic heterocycles. The van der Waals surface area contributed by atoms with Crippen LogP contribution in [0.5, 0.6) is 0 Å². The average molecular weight is 233 g/mol. The zero-order valence-electron chi connectivity index (χ0n) is 8.28. The third kappa shape index (κ3) is 2.53. The molecule has 1 amide bonds. The van der Waals surface area contributed by atoms with E-state index in [-0.39, 0.29) is 11.3 Å². The summed E-state index contributed by atoms with van der Waals surface area (Å²) in [6, 6.07) is 0. The fraction of sp³-hybridized carbons (Fsp3) is 0.375. The van der Waals surface area contributed by atoms with Crippen LogP contribution in [0.1, 0.15) is 20.8 Å². The summed E-state index contributed by atoms with van der Waals surface area (Å²) in [5, 5.41) is 14.2. The van der Waals surface area contributed by atoms with Crippen molar-refractivity contribution in [1.82, 2.24) is 15.1 Å². The maximum absolute atomic E-state index is 11.8. The number of halogens is 2. The fourth-order valence-corrected chi connectivity index (χ4v) is 1.12. The number of rotatable bonds is 4. The second-order valence-corrected chi connectivity index (χ2v) is 2.94. The van der Waals surface area contributed by atoms with Gasteiger partial charge in [-0.2, -0.15) is 5.10 Å². The van der Waals surface area contributed by atoms with Crippen LogP contribution in [0.3, 0.4) is 0 Å². The SMILES string of the molecule is Cn1ncc(C(=O)O)c1C(=O)NCC(F)F. The summed E-state index contributed by atoms with van der Waals surface area (Å²) in [7, 11) is 1.35. The van der Waals surface area contributed by atoms with Crippen molar-refractivity contribution in [2.24, 2.45) is 7.05 Å². The predicted octanol–water partition coefficient (Wildman–Crippen LogP) is 0.113. The highest BCUT2D eigenvalue weighted by Crippen LogP contribution is 2.07. The Labute approximate surface area is 88.9 Å². The van der Waals surface area contributed by atoms with Gasteiger partial charge in [0.1, 0.15) is 11.3 Å². The van der Waals surface area contributed by atoms with Gasteiger partial charge in [-0.25, -0.2) is 13.6 Å². The molecule has 8 heteroatoms. The van der Waals surface area contributed by atoms with Crippen LogP contribution in [0, 0.1) is 0 Å². The number of carbonyl (C=O) groups is 2. The minimum atomic E-state index is -2.69. The summed E-state index contributed by atoms with van der Waals surface area (Å²) in [6.45, 7) is -0.830. The lowest BCUT2D eigenvalue weighted by atomic mass is 10.2. The van der Waals surface area contributed by atoms with Gasteiger partial charge < -0.3 is 10.4 Å². The molecule has 0 saturated heterocycles. The molecule has 0 aromatic carbocycles. The highest BCUT2D eigenvalue weighted by molar-refractivity contribution is 6.03. The van der Waals surface area contributed by atoms with Crippen molar-refractivity contribution in [2.75, 3.05) is 6.54 Å². The fourth-order valence-electron chi connectivity index (χ4n) is 1.12. The van der Waals surface area contributed by atoms with Crippen LogP contribution in [-0.4, -0.2) is 39.7 Å². The van der Waals surface area contributed by atoms with Gasteiger partial charge >= 0.3 is 5.97 Å². The molecule has 0 radical (unpaired) electrons. The van der Waals surface area contributed by atoms with Crippen LogP contribution >= 0.6 is 0 Å². The number of hydrogen-bond acceptors (Lipinski definition) is 3. The Hall–Kier alpha value is -1.99. The van der Waals surface area contributed by atoms with Crippen molar-refractivity contribution < 1.29 is 23.5 Å². The van der Waals surface area contributed by atoms with E-state index in [1.54, 1.807) is 0 Å². The van der Waals surface area contributed by atoms with E-state index < -0.39 is 24.8 Å². The number of amides is 1. The van der Waals surface area contributed by atoms with Gasteiger partial charge in [0.25, 0.3) is 12.3 Å². The van der Waals surface area contributed by atoms with E-state index in [4.69, 9.17) is 5.11 Å². The van der Waals surface area contributed by atoms with Crippen molar-refractivity contribution in [3.63, 3.8) is 0 Å². The van der Waals surface area contributed by atoms with E-state index in [0.29, 0.717) is 0 Å². The van der Waals surface area contributed by atoms with Crippen LogP contribution in [-0.2, 0) is 7.05 Å². The van der Waals surface area contributed by atoms with Gasteiger partial charge in [0, 0.05) is 7.05 Å². The molecule has 1 rings (SSSR count). The lowest BCUT2D eigenvalue weighted by molar-refractivity contribution is 0.0689. The highest BCUT2D eigenvalue weighted by Gasteiger charge is 2.21. The molecular weight excluding hydrogens is 224 g/mol. The molecule has 0 aliphatic carbocycles. The third-order valence-corrected chi connectivity index (χ3v) is 1.80. The van der Waals surface area contributed by atoms with Gasteiger partial charge in [-0.1, -0.05) is 0 Å². The van der Waals surface area contributed by atoms with Crippen LogP contribution in [0.25, 0.3) is 0 Å². The summed E-state index contributed by atoms with van der Waals surface area (Å²) >= 11 is 0. The van der Waals surface area contributed by atoms with Crippen LogP contribution in [0.4, 0.5) is 8.78 Å². The van der Waals surface area contributed by atoms with Gasteiger partial charge in [-0.15, -0.1) is 0 Å². The van der Waals surface area contributed by atoms with Crippen LogP contribution in [0.15, 0.2) is 6.20 Å². The Balaban J connectivity index is 2.90. The Bertz CT molecular complexity index is 417. The quantitative estimate of drug-likeness (QED) is 0.773. The molecule has 6 nitrogen and oxygen atoms in total. The minimum Gasteiger partial charge on any atom is -0.478 e. The first-order valence-electron chi connectivity index (χ1n) is 4.25. The number of carbonyl (C=O) groups excluding carboxylic acids is 1. The van der Waals surface area contributed by atoms with Crippen molar-refractivity contribution in [3.05, 3.63) is 17.5 Å². The second kappa shape index (κ2) is 4.69. The largest absolute Gasteiger partial charge is 0.478 e. The number of nitrogens with one attached hydrogen (secondary N) is 1. The number of hydrogen-bond donors (Lipinski definition) is 2. The minimum absolute atomic E-state index is 0.256. The van der Waals surface area contributed by atoms with E-state index >= 15 is 0 Å². The van der Waals surface area contributed by atoms with E-state index in [2.05, 4.69) is 5.10 Å². The van der Waals surface area contributed by atoms with E-state index in [9.17, 15) is 18.4 Å². The van der Waals surface area contributed by atoms with Gasteiger partial charge in [-0.05, 0) is 0 Å². The lowest BCUT2D eigenvalue weighted by Crippen LogP contribution is -2.31. The number of carboxylic acid groups (broad SMARTS) is 1. The smallest absolute Gasteiger partial charge is 0.339 e. The molecule has 0 saturated carbocycles. The molecule has 0 spiro atoms. The number of carboxylic acids is 1. The van der Waals surface area contributed by atoms with Crippen molar-refractivity contribution >= 4 is 11.9 Å². The first-order chi connectivity index (χ1) is 7.43. The first-order valence-corrected chi connectivity index (χ1v) is 4.25. The number of aromatic nitrogens is 2. The normalized spacial score (nSPS) is 10.5. The summed E-state index contributed by atoms with van der Waals surface area (Å²) in [5.74, 6) is -2.23. The molecule has 16 heavy (non-hydrogen) atoms. The lowest BCUT2D eigenvalue weighted by Gasteiger charge is -2.05. The molecular formula is C8H9F2N3O3. The van der Waals surface area contributed by atoms with Gasteiger partial charge in [-0.3, -0.25) is 9.48 Å². The number of nitrogens with zero attached hydrogens (tertiary/aromatic N) is 2. The molecule has 1 aromatic rings. The van der Waals surface area contributed by atoms with Gasteiger partial charge in [0.15, 0.2) is 0 Å². The van der Waals surface area contributed by atoms with E-state index in [1.807, 2.05) is 5.32 Å². The zero-order chi connectivity index (χ0) is 12.3. The average Bonchev–Trinajstić information content (AvgIpc) is 2.56. The zero-order valence-corrected chi connectivity index (χ0v) is 8.28. The van der Waals surface area contributed by atoms with Crippen molar-refractivity contribution in [1.29, 1.82) is 0 Å². The first kappa shape index (κ1) is 12.1. The second-order valence-electron chi connectivity index (χ2n) is 2.94. The molecule has 0 atom stereocenters. The Morgan fingerprint density at radius 1 is 1.62 bits per heavy atom. The molecule has 88 valence electrons. The molecule has 0 fully saturated rings. The van der Waals surface area contributed by atoms with E-state index in [0.717, 1.165) is 10.9 Å². The standard InChI is InChI=1S/C8H9F2N3O3/c1-13-6(4(2-12-13)8(15)16)7(14)11-3-5(9)10/h2,5H,3H2,1H3,(H,11,14)(H,15,16).